The van der Waals surface area contributed by atoms with Gasteiger partial charge in [-0.2, -0.15) is 0 Å². The van der Waals surface area contributed by atoms with Crippen LogP contribution in [-0.4, -0.2) is 37.7 Å². The first-order valence-electron chi connectivity index (χ1n) is 7.85. The SMILES string of the molecule is CCCOCCCNC(C)C(=O)NC1CCCCC1. The van der Waals surface area contributed by atoms with E-state index in [9.17, 15) is 4.79 Å². The normalized spacial score (nSPS) is 18.2. The summed E-state index contributed by atoms with van der Waals surface area (Å²) in [7, 11) is 0. The average Bonchev–Trinajstić information content (AvgIpc) is 2.43. The lowest BCUT2D eigenvalue weighted by Crippen LogP contribution is -2.47. The number of hydrogen-bond acceptors (Lipinski definition) is 3. The monoisotopic (exact) mass is 270 g/mol. The smallest absolute Gasteiger partial charge is 0.237 e. The number of carbonyl (C=O) groups excluding carboxylic acids is 1. The highest BCUT2D eigenvalue weighted by molar-refractivity contribution is 5.81. The first-order chi connectivity index (χ1) is 9.24. The van der Waals surface area contributed by atoms with E-state index < -0.39 is 0 Å². The Hall–Kier alpha value is -0.610. The van der Waals surface area contributed by atoms with Crippen LogP contribution in [0.25, 0.3) is 0 Å². The third-order valence-corrected chi connectivity index (χ3v) is 3.61. The van der Waals surface area contributed by atoms with Crippen molar-refractivity contribution in [1.29, 1.82) is 0 Å². The number of ether oxygens (including phenoxy) is 1. The van der Waals surface area contributed by atoms with Gasteiger partial charge in [-0.25, -0.2) is 0 Å². The summed E-state index contributed by atoms with van der Waals surface area (Å²) in [5.41, 5.74) is 0. The molecule has 1 saturated carbocycles. The quantitative estimate of drug-likeness (QED) is 0.632. The molecule has 1 rings (SSSR count). The van der Waals surface area contributed by atoms with Crippen molar-refractivity contribution in [2.75, 3.05) is 19.8 Å². The van der Waals surface area contributed by atoms with Crippen LogP contribution < -0.4 is 10.6 Å². The van der Waals surface area contributed by atoms with Gasteiger partial charge in [0.15, 0.2) is 0 Å². The van der Waals surface area contributed by atoms with Crippen molar-refractivity contribution in [2.24, 2.45) is 0 Å². The Morgan fingerprint density at radius 1 is 1.26 bits per heavy atom. The van der Waals surface area contributed by atoms with Crippen molar-refractivity contribution in [2.45, 2.75) is 70.9 Å². The fourth-order valence-corrected chi connectivity index (χ4v) is 2.41. The molecule has 0 radical (unpaired) electrons. The van der Waals surface area contributed by atoms with Gasteiger partial charge in [-0.15, -0.1) is 0 Å². The highest BCUT2D eigenvalue weighted by atomic mass is 16.5. The second-order valence-electron chi connectivity index (χ2n) is 5.49. The topological polar surface area (TPSA) is 50.4 Å². The number of rotatable bonds is 9. The Balaban J connectivity index is 2.04. The Kier molecular flexibility index (Phi) is 8.84. The average molecular weight is 270 g/mol. The van der Waals surface area contributed by atoms with Crippen LogP contribution in [0.5, 0.6) is 0 Å². The molecular weight excluding hydrogens is 240 g/mol. The molecule has 0 heterocycles. The lowest BCUT2D eigenvalue weighted by atomic mass is 9.95. The summed E-state index contributed by atoms with van der Waals surface area (Å²) in [5, 5.41) is 6.40. The summed E-state index contributed by atoms with van der Waals surface area (Å²) >= 11 is 0. The summed E-state index contributed by atoms with van der Waals surface area (Å²) in [6, 6.07) is 0.298. The first kappa shape index (κ1) is 16.4. The minimum atomic E-state index is -0.104. The van der Waals surface area contributed by atoms with Gasteiger partial charge in [0.05, 0.1) is 6.04 Å². The third kappa shape index (κ3) is 7.53. The van der Waals surface area contributed by atoms with E-state index in [0.717, 1.165) is 45.4 Å². The van der Waals surface area contributed by atoms with Gasteiger partial charge in [0.25, 0.3) is 0 Å². The molecule has 0 aromatic carbocycles. The molecule has 19 heavy (non-hydrogen) atoms. The molecule has 0 aromatic rings. The second-order valence-corrected chi connectivity index (χ2v) is 5.49. The van der Waals surface area contributed by atoms with Gasteiger partial charge >= 0.3 is 0 Å². The minimum Gasteiger partial charge on any atom is -0.381 e. The molecule has 4 heteroatoms. The molecular formula is C15H30N2O2. The van der Waals surface area contributed by atoms with E-state index in [2.05, 4.69) is 17.6 Å². The van der Waals surface area contributed by atoms with Crippen LogP contribution in [-0.2, 0) is 9.53 Å². The first-order valence-corrected chi connectivity index (χ1v) is 7.85. The van der Waals surface area contributed by atoms with E-state index in [1.807, 2.05) is 6.92 Å². The van der Waals surface area contributed by atoms with E-state index >= 15 is 0 Å². The zero-order valence-electron chi connectivity index (χ0n) is 12.5. The predicted molar refractivity (Wildman–Crippen MR) is 78.2 cm³/mol. The van der Waals surface area contributed by atoms with Crippen LogP contribution in [0.15, 0.2) is 0 Å². The lowest BCUT2D eigenvalue weighted by molar-refractivity contribution is -0.123. The Labute approximate surface area is 117 Å². The van der Waals surface area contributed by atoms with Gasteiger partial charge < -0.3 is 15.4 Å². The summed E-state index contributed by atoms with van der Waals surface area (Å²) in [5.74, 6) is 0.140. The molecule has 1 aliphatic rings. The maximum absolute atomic E-state index is 12.0. The molecule has 1 amide bonds. The Bertz CT molecular complexity index is 240. The van der Waals surface area contributed by atoms with E-state index in [-0.39, 0.29) is 11.9 Å². The number of amides is 1. The van der Waals surface area contributed by atoms with E-state index in [1.54, 1.807) is 0 Å². The molecule has 0 aliphatic heterocycles. The second kappa shape index (κ2) is 10.2. The maximum atomic E-state index is 12.0. The molecule has 1 atom stereocenters. The van der Waals surface area contributed by atoms with Crippen LogP contribution >= 0.6 is 0 Å². The summed E-state index contributed by atoms with van der Waals surface area (Å²) < 4.78 is 5.41. The van der Waals surface area contributed by atoms with Gasteiger partial charge in [-0.1, -0.05) is 26.2 Å². The molecule has 0 bridgehead atoms. The Morgan fingerprint density at radius 2 is 2.00 bits per heavy atom. The molecule has 2 N–H and O–H groups in total. The molecule has 1 fully saturated rings. The zero-order valence-corrected chi connectivity index (χ0v) is 12.5. The maximum Gasteiger partial charge on any atom is 0.237 e. The van der Waals surface area contributed by atoms with Crippen molar-refractivity contribution in [3.05, 3.63) is 0 Å². The summed E-state index contributed by atoms with van der Waals surface area (Å²) in [6.07, 6.45) is 8.13. The van der Waals surface area contributed by atoms with E-state index in [0.29, 0.717) is 6.04 Å². The van der Waals surface area contributed by atoms with Gasteiger partial charge in [0.1, 0.15) is 0 Å². The van der Waals surface area contributed by atoms with Gasteiger partial charge in [-0.05, 0) is 39.2 Å². The molecule has 0 saturated heterocycles. The molecule has 0 aromatic heterocycles. The molecule has 4 nitrogen and oxygen atoms in total. The standard InChI is InChI=1S/C15H30N2O2/c1-3-11-19-12-7-10-16-13(2)15(18)17-14-8-5-4-6-9-14/h13-14,16H,3-12H2,1-2H3,(H,17,18). The van der Waals surface area contributed by atoms with Crippen molar-refractivity contribution in [1.82, 2.24) is 10.6 Å². The highest BCUT2D eigenvalue weighted by Gasteiger charge is 2.18. The number of hydrogen-bond donors (Lipinski definition) is 2. The molecule has 1 unspecified atom stereocenters. The van der Waals surface area contributed by atoms with Crippen molar-refractivity contribution in [3.63, 3.8) is 0 Å². The van der Waals surface area contributed by atoms with Crippen molar-refractivity contribution >= 4 is 5.91 Å². The Morgan fingerprint density at radius 3 is 2.68 bits per heavy atom. The number of nitrogens with one attached hydrogen (secondary N) is 2. The van der Waals surface area contributed by atoms with Gasteiger partial charge in [0, 0.05) is 19.3 Å². The fraction of sp³-hybridized carbons (Fsp3) is 0.933. The van der Waals surface area contributed by atoms with Crippen molar-refractivity contribution < 1.29 is 9.53 Å². The zero-order chi connectivity index (χ0) is 13.9. The van der Waals surface area contributed by atoms with Gasteiger partial charge in [-0.3, -0.25) is 4.79 Å². The number of carbonyl (C=O) groups is 1. The lowest BCUT2D eigenvalue weighted by Gasteiger charge is -2.24. The third-order valence-electron chi connectivity index (χ3n) is 3.61. The van der Waals surface area contributed by atoms with E-state index in [1.165, 1.54) is 19.3 Å². The summed E-state index contributed by atoms with van der Waals surface area (Å²) in [6.45, 7) is 6.49. The fourth-order valence-electron chi connectivity index (χ4n) is 2.41. The van der Waals surface area contributed by atoms with Crippen LogP contribution in [0.4, 0.5) is 0 Å². The minimum absolute atomic E-state index is 0.104. The van der Waals surface area contributed by atoms with Gasteiger partial charge in [0.2, 0.25) is 5.91 Å². The highest BCUT2D eigenvalue weighted by Crippen LogP contribution is 2.17. The van der Waals surface area contributed by atoms with Crippen LogP contribution in [0.1, 0.15) is 58.8 Å². The molecule has 1 aliphatic carbocycles. The van der Waals surface area contributed by atoms with E-state index in [4.69, 9.17) is 4.74 Å². The molecule has 112 valence electrons. The van der Waals surface area contributed by atoms with Crippen LogP contribution in [0, 0.1) is 0 Å². The predicted octanol–water partition coefficient (Wildman–Crippen LogP) is 2.23. The van der Waals surface area contributed by atoms with Crippen molar-refractivity contribution in [3.8, 4) is 0 Å². The summed E-state index contributed by atoms with van der Waals surface area (Å²) in [4.78, 5) is 12.0. The molecule has 0 spiro atoms. The largest absolute Gasteiger partial charge is 0.381 e. The van der Waals surface area contributed by atoms with Crippen LogP contribution in [0.3, 0.4) is 0 Å². The van der Waals surface area contributed by atoms with Crippen LogP contribution in [0.2, 0.25) is 0 Å².